The van der Waals surface area contributed by atoms with Gasteiger partial charge in [-0.1, -0.05) is 23.7 Å². The number of amides is 1. The zero-order chi connectivity index (χ0) is 21.1. The SMILES string of the molecule is CCCOc1ccc(-c2noc(C3CC(=O)N(c4cc(Cl)ccc4OC)C3)n2)cc1. The Morgan fingerprint density at radius 1 is 1.23 bits per heavy atom. The van der Waals surface area contributed by atoms with Gasteiger partial charge in [0.1, 0.15) is 11.5 Å². The monoisotopic (exact) mass is 427 g/mol. The molecule has 1 saturated heterocycles. The molecule has 1 aliphatic rings. The number of methoxy groups -OCH3 is 1. The highest BCUT2D eigenvalue weighted by molar-refractivity contribution is 6.31. The molecule has 3 aromatic rings. The van der Waals surface area contributed by atoms with E-state index >= 15 is 0 Å². The van der Waals surface area contributed by atoms with Crippen LogP contribution in [0, 0.1) is 0 Å². The number of nitrogens with zero attached hydrogens (tertiary/aromatic N) is 3. The molecule has 4 rings (SSSR count). The molecule has 0 saturated carbocycles. The minimum atomic E-state index is -0.199. The molecule has 0 bridgehead atoms. The first kappa shape index (κ1) is 20.2. The van der Waals surface area contributed by atoms with E-state index in [9.17, 15) is 4.79 Å². The molecule has 0 N–H and O–H groups in total. The van der Waals surface area contributed by atoms with Crippen LogP contribution in [0.5, 0.6) is 11.5 Å². The van der Waals surface area contributed by atoms with E-state index in [0.717, 1.165) is 17.7 Å². The maximum atomic E-state index is 12.7. The van der Waals surface area contributed by atoms with E-state index in [-0.39, 0.29) is 18.2 Å². The van der Waals surface area contributed by atoms with Gasteiger partial charge in [-0.05, 0) is 48.9 Å². The van der Waals surface area contributed by atoms with E-state index in [1.165, 1.54) is 0 Å². The average molecular weight is 428 g/mol. The number of carbonyl (C=O) groups is 1. The highest BCUT2D eigenvalue weighted by atomic mass is 35.5. The number of anilines is 1. The number of hydrogen-bond acceptors (Lipinski definition) is 6. The molecule has 0 aliphatic carbocycles. The molecular weight excluding hydrogens is 406 g/mol. The Balaban J connectivity index is 1.51. The highest BCUT2D eigenvalue weighted by Gasteiger charge is 2.36. The molecule has 8 heteroatoms. The van der Waals surface area contributed by atoms with E-state index in [2.05, 4.69) is 17.1 Å². The van der Waals surface area contributed by atoms with Gasteiger partial charge >= 0.3 is 0 Å². The van der Waals surface area contributed by atoms with Crippen molar-refractivity contribution in [3.63, 3.8) is 0 Å². The zero-order valence-electron chi connectivity index (χ0n) is 16.8. The smallest absolute Gasteiger partial charge is 0.232 e. The number of ether oxygens (including phenoxy) is 2. The Kier molecular flexibility index (Phi) is 5.90. The van der Waals surface area contributed by atoms with Crippen LogP contribution in [0.3, 0.4) is 0 Å². The van der Waals surface area contributed by atoms with Crippen molar-refractivity contribution < 1.29 is 18.8 Å². The third-order valence-corrected chi connectivity index (χ3v) is 5.17. The van der Waals surface area contributed by atoms with E-state index in [4.69, 9.17) is 25.6 Å². The van der Waals surface area contributed by atoms with Crippen LogP contribution in [0.25, 0.3) is 11.4 Å². The predicted molar refractivity (Wildman–Crippen MR) is 113 cm³/mol. The quantitative estimate of drug-likeness (QED) is 0.543. The van der Waals surface area contributed by atoms with Crippen molar-refractivity contribution >= 4 is 23.2 Å². The van der Waals surface area contributed by atoms with Gasteiger partial charge in [0.15, 0.2) is 0 Å². The normalized spacial score (nSPS) is 16.2. The lowest BCUT2D eigenvalue weighted by Gasteiger charge is -2.19. The summed E-state index contributed by atoms with van der Waals surface area (Å²) in [5, 5.41) is 4.63. The van der Waals surface area contributed by atoms with Gasteiger partial charge in [-0.3, -0.25) is 4.79 Å². The minimum absolute atomic E-state index is 0.0438. The van der Waals surface area contributed by atoms with Crippen LogP contribution in [-0.2, 0) is 4.79 Å². The van der Waals surface area contributed by atoms with Crippen LogP contribution in [0.2, 0.25) is 5.02 Å². The van der Waals surface area contributed by atoms with Crippen LogP contribution >= 0.6 is 11.6 Å². The van der Waals surface area contributed by atoms with Gasteiger partial charge in [0.2, 0.25) is 17.6 Å². The molecule has 1 aromatic heterocycles. The fourth-order valence-corrected chi connectivity index (χ4v) is 3.58. The second-order valence-electron chi connectivity index (χ2n) is 7.05. The third kappa shape index (κ3) is 4.11. The summed E-state index contributed by atoms with van der Waals surface area (Å²) in [7, 11) is 1.56. The summed E-state index contributed by atoms with van der Waals surface area (Å²) in [5.41, 5.74) is 1.46. The Bertz CT molecular complexity index is 1040. The lowest BCUT2D eigenvalue weighted by atomic mass is 10.1. The molecule has 7 nitrogen and oxygen atoms in total. The summed E-state index contributed by atoms with van der Waals surface area (Å²) in [4.78, 5) is 18.8. The van der Waals surface area contributed by atoms with E-state index in [1.807, 2.05) is 24.3 Å². The molecule has 156 valence electrons. The summed E-state index contributed by atoms with van der Waals surface area (Å²) >= 11 is 6.12. The number of aromatic nitrogens is 2. The number of halogens is 1. The molecule has 2 aromatic carbocycles. The molecule has 1 aliphatic heterocycles. The van der Waals surface area contributed by atoms with Crippen molar-refractivity contribution in [2.24, 2.45) is 0 Å². The van der Waals surface area contributed by atoms with Crippen LogP contribution < -0.4 is 14.4 Å². The van der Waals surface area contributed by atoms with Gasteiger partial charge in [-0.15, -0.1) is 0 Å². The molecule has 30 heavy (non-hydrogen) atoms. The van der Waals surface area contributed by atoms with E-state index < -0.39 is 0 Å². The predicted octanol–water partition coefficient (Wildman–Crippen LogP) is 4.71. The van der Waals surface area contributed by atoms with Gasteiger partial charge in [0.25, 0.3) is 0 Å². The van der Waals surface area contributed by atoms with Gasteiger partial charge in [0.05, 0.1) is 25.3 Å². The van der Waals surface area contributed by atoms with Gasteiger partial charge in [0, 0.05) is 23.6 Å². The van der Waals surface area contributed by atoms with Gasteiger partial charge in [-0.2, -0.15) is 4.98 Å². The standard InChI is InChI=1S/C22H22ClN3O4/c1-3-10-29-17-7-4-14(5-8-17)21-24-22(30-25-21)15-11-20(27)26(13-15)18-12-16(23)6-9-19(18)28-2/h4-9,12,15H,3,10-11,13H2,1-2H3. The van der Waals surface area contributed by atoms with Crippen LogP contribution in [-0.4, -0.2) is 36.3 Å². The molecule has 1 atom stereocenters. The van der Waals surface area contributed by atoms with Gasteiger partial charge in [-0.25, -0.2) is 0 Å². The summed E-state index contributed by atoms with van der Waals surface area (Å²) in [6.45, 7) is 3.16. The Hall–Kier alpha value is -3.06. The molecule has 1 amide bonds. The molecule has 2 heterocycles. The van der Waals surface area contributed by atoms with Crippen LogP contribution in [0.1, 0.15) is 31.6 Å². The van der Waals surface area contributed by atoms with E-state index in [1.54, 1.807) is 30.2 Å². The fourth-order valence-electron chi connectivity index (χ4n) is 3.42. The topological polar surface area (TPSA) is 77.7 Å². The van der Waals surface area contributed by atoms with Crippen LogP contribution in [0.4, 0.5) is 5.69 Å². The number of rotatable bonds is 7. The molecular formula is C22H22ClN3O4. The average Bonchev–Trinajstić information content (AvgIpc) is 3.39. The van der Waals surface area contributed by atoms with Crippen molar-refractivity contribution in [3.05, 3.63) is 53.4 Å². The first-order valence-corrected chi connectivity index (χ1v) is 10.2. The van der Waals surface area contributed by atoms with Crippen LogP contribution in [0.15, 0.2) is 47.0 Å². The minimum Gasteiger partial charge on any atom is -0.495 e. The Morgan fingerprint density at radius 2 is 2.03 bits per heavy atom. The number of hydrogen-bond donors (Lipinski definition) is 0. The van der Waals surface area contributed by atoms with Crippen molar-refractivity contribution in [2.45, 2.75) is 25.7 Å². The fraction of sp³-hybridized carbons (Fsp3) is 0.318. The molecule has 0 spiro atoms. The number of carbonyl (C=O) groups excluding carboxylic acids is 1. The first-order valence-electron chi connectivity index (χ1n) is 9.79. The summed E-state index contributed by atoms with van der Waals surface area (Å²) in [5.74, 6) is 2.07. The maximum absolute atomic E-state index is 12.7. The van der Waals surface area contributed by atoms with Crippen molar-refractivity contribution in [1.29, 1.82) is 0 Å². The van der Waals surface area contributed by atoms with Crippen molar-refractivity contribution in [1.82, 2.24) is 10.1 Å². The van der Waals surface area contributed by atoms with Gasteiger partial charge < -0.3 is 18.9 Å². The summed E-state index contributed by atoms with van der Waals surface area (Å²) in [6, 6.07) is 12.7. The lowest BCUT2D eigenvalue weighted by molar-refractivity contribution is -0.117. The molecule has 1 unspecified atom stereocenters. The first-order chi connectivity index (χ1) is 14.6. The number of benzene rings is 2. The van der Waals surface area contributed by atoms with Crippen molar-refractivity contribution in [2.75, 3.05) is 25.2 Å². The molecule has 0 radical (unpaired) electrons. The zero-order valence-corrected chi connectivity index (χ0v) is 17.6. The molecule has 1 fully saturated rings. The summed E-state index contributed by atoms with van der Waals surface area (Å²) in [6.07, 6.45) is 1.23. The Morgan fingerprint density at radius 3 is 2.77 bits per heavy atom. The van der Waals surface area contributed by atoms with Crippen molar-refractivity contribution in [3.8, 4) is 22.9 Å². The second kappa shape index (κ2) is 8.75. The largest absolute Gasteiger partial charge is 0.495 e. The second-order valence-corrected chi connectivity index (χ2v) is 7.49. The van der Waals surface area contributed by atoms with E-state index in [0.29, 0.717) is 41.3 Å². The highest BCUT2D eigenvalue weighted by Crippen LogP contribution is 2.38. The Labute approximate surface area is 179 Å². The maximum Gasteiger partial charge on any atom is 0.232 e. The third-order valence-electron chi connectivity index (χ3n) is 4.93. The summed E-state index contributed by atoms with van der Waals surface area (Å²) < 4.78 is 16.5. The lowest BCUT2D eigenvalue weighted by Crippen LogP contribution is -2.24.